The molecule has 0 radical (unpaired) electrons. The summed E-state index contributed by atoms with van der Waals surface area (Å²) in [6.45, 7) is 0. The maximum absolute atomic E-state index is 11.7. The molecule has 5 heteroatoms. The number of imide groups is 1. The largest absolute Gasteiger partial charge is 0.481 e. The van der Waals surface area contributed by atoms with Crippen LogP contribution in [0.3, 0.4) is 0 Å². The van der Waals surface area contributed by atoms with E-state index >= 15 is 0 Å². The second-order valence-electron chi connectivity index (χ2n) is 4.18. The number of aliphatic carboxylic acids is 1. The molecule has 0 aromatic heterocycles. The van der Waals surface area contributed by atoms with Crippen molar-refractivity contribution < 1.29 is 19.5 Å². The number of hydrogen-bond donors (Lipinski definition) is 1. The number of carboxylic acids is 1. The fraction of sp³-hybridized carbons (Fsp3) is 0.308. The number of amides is 2. The molecule has 1 aliphatic heterocycles. The zero-order chi connectivity index (χ0) is 13.1. The summed E-state index contributed by atoms with van der Waals surface area (Å²) < 4.78 is 0. The van der Waals surface area contributed by atoms with Crippen molar-refractivity contribution in [3.63, 3.8) is 0 Å². The lowest BCUT2D eigenvalue weighted by Gasteiger charge is -2.25. The number of rotatable bonds is 4. The monoisotopic (exact) mass is 247 g/mol. The van der Waals surface area contributed by atoms with E-state index in [4.69, 9.17) is 5.11 Å². The van der Waals surface area contributed by atoms with Crippen LogP contribution in [0.4, 0.5) is 0 Å². The van der Waals surface area contributed by atoms with E-state index in [1.807, 2.05) is 0 Å². The van der Waals surface area contributed by atoms with Gasteiger partial charge in [-0.2, -0.15) is 0 Å². The van der Waals surface area contributed by atoms with Crippen molar-refractivity contribution in [1.29, 1.82) is 0 Å². The van der Waals surface area contributed by atoms with Gasteiger partial charge in [-0.25, -0.2) is 0 Å². The number of nitrogens with zero attached hydrogens (tertiary/aromatic N) is 1. The van der Waals surface area contributed by atoms with Gasteiger partial charge in [0.05, 0.1) is 12.5 Å². The Hall–Kier alpha value is -2.17. The van der Waals surface area contributed by atoms with Gasteiger partial charge in [0, 0.05) is 12.8 Å². The van der Waals surface area contributed by atoms with Crippen LogP contribution in [0.2, 0.25) is 0 Å². The molecule has 18 heavy (non-hydrogen) atoms. The normalized spacial score (nSPS) is 17.0. The lowest BCUT2D eigenvalue weighted by Crippen LogP contribution is -2.34. The van der Waals surface area contributed by atoms with Crippen LogP contribution in [0.1, 0.15) is 30.9 Å². The highest BCUT2D eigenvalue weighted by Gasteiger charge is 2.36. The lowest BCUT2D eigenvalue weighted by molar-refractivity contribution is -0.144. The Kier molecular flexibility index (Phi) is 3.41. The van der Waals surface area contributed by atoms with E-state index in [-0.39, 0.29) is 31.1 Å². The van der Waals surface area contributed by atoms with Crippen LogP contribution >= 0.6 is 0 Å². The fourth-order valence-corrected chi connectivity index (χ4v) is 2.14. The van der Waals surface area contributed by atoms with Crippen LogP contribution in [-0.2, 0) is 14.4 Å². The van der Waals surface area contributed by atoms with Crippen molar-refractivity contribution in [1.82, 2.24) is 4.90 Å². The maximum atomic E-state index is 11.7. The molecule has 0 bridgehead atoms. The zero-order valence-corrected chi connectivity index (χ0v) is 9.70. The third-order valence-corrected chi connectivity index (χ3v) is 2.95. The highest BCUT2D eigenvalue weighted by molar-refractivity contribution is 6.02. The summed E-state index contributed by atoms with van der Waals surface area (Å²) in [6.07, 6.45) is 0.0745. The Balaban J connectivity index is 2.34. The minimum absolute atomic E-state index is 0.168. The van der Waals surface area contributed by atoms with Crippen molar-refractivity contribution in [2.75, 3.05) is 0 Å². The summed E-state index contributed by atoms with van der Waals surface area (Å²) in [6, 6.07) is 8.07. The maximum Gasteiger partial charge on any atom is 0.305 e. The number of carboxylic acid groups (broad SMARTS) is 1. The average molecular weight is 247 g/mol. The molecule has 5 nitrogen and oxygen atoms in total. The second kappa shape index (κ2) is 5.00. The van der Waals surface area contributed by atoms with Crippen LogP contribution in [-0.4, -0.2) is 27.8 Å². The Morgan fingerprint density at radius 1 is 1.17 bits per heavy atom. The molecule has 1 aromatic carbocycles. The van der Waals surface area contributed by atoms with Crippen LogP contribution in [0, 0.1) is 0 Å². The van der Waals surface area contributed by atoms with E-state index in [0.29, 0.717) is 5.56 Å². The molecule has 0 spiro atoms. The van der Waals surface area contributed by atoms with Gasteiger partial charge in [0.15, 0.2) is 0 Å². The molecule has 0 aliphatic carbocycles. The third-order valence-electron chi connectivity index (χ3n) is 2.95. The Morgan fingerprint density at radius 2 is 1.72 bits per heavy atom. The first-order chi connectivity index (χ1) is 8.59. The minimum Gasteiger partial charge on any atom is -0.481 e. The van der Waals surface area contributed by atoms with Crippen molar-refractivity contribution in [3.05, 3.63) is 35.9 Å². The number of benzene rings is 1. The summed E-state index contributed by atoms with van der Waals surface area (Å²) >= 11 is 0. The topological polar surface area (TPSA) is 74.7 Å². The standard InChI is InChI=1S/C13H13NO4/c15-11-6-7-12(16)14(11)10(8-13(17)18)9-4-2-1-3-5-9/h1-5,10H,6-8H2,(H,17,18). The first-order valence-electron chi connectivity index (χ1n) is 5.71. The van der Waals surface area contributed by atoms with E-state index in [1.54, 1.807) is 30.3 Å². The van der Waals surface area contributed by atoms with Gasteiger partial charge >= 0.3 is 5.97 Å². The van der Waals surface area contributed by atoms with Crippen LogP contribution in [0.5, 0.6) is 0 Å². The molecule has 1 N–H and O–H groups in total. The van der Waals surface area contributed by atoms with Crippen molar-refractivity contribution in [2.24, 2.45) is 0 Å². The fourth-order valence-electron chi connectivity index (χ4n) is 2.14. The van der Waals surface area contributed by atoms with Gasteiger partial charge in [-0.1, -0.05) is 30.3 Å². The molecule has 94 valence electrons. The molecule has 1 unspecified atom stereocenters. The van der Waals surface area contributed by atoms with Crippen LogP contribution in [0.15, 0.2) is 30.3 Å². The second-order valence-corrected chi connectivity index (χ2v) is 4.18. The molecule has 1 fully saturated rings. The summed E-state index contributed by atoms with van der Waals surface area (Å²) in [5.41, 5.74) is 0.670. The molecular weight excluding hydrogens is 234 g/mol. The molecule has 1 aromatic rings. The summed E-state index contributed by atoms with van der Waals surface area (Å²) in [5, 5.41) is 8.93. The van der Waals surface area contributed by atoms with E-state index in [1.165, 1.54) is 0 Å². The number of carbonyl (C=O) groups is 3. The summed E-state index contributed by atoms with van der Waals surface area (Å²) in [4.78, 5) is 35.4. The van der Waals surface area contributed by atoms with Gasteiger partial charge in [-0.05, 0) is 5.56 Å². The van der Waals surface area contributed by atoms with Crippen molar-refractivity contribution in [2.45, 2.75) is 25.3 Å². The molecule has 1 atom stereocenters. The Bertz CT molecular complexity index is 467. The molecule has 2 rings (SSSR count). The van der Waals surface area contributed by atoms with Gasteiger partial charge in [0.1, 0.15) is 0 Å². The molecule has 1 aliphatic rings. The van der Waals surface area contributed by atoms with E-state index in [9.17, 15) is 14.4 Å². The minimum atomic E-state index is -1.03. The van der Waals surface area contributed by atoms with Gasteiger partial charge in [-0.3, -0.25) is 19.3 Å². The highest BCUT2D eigenvalue weighted by Crippen LogP contribution is 2.29. The average Bonchev–Trinajstić information content (AvgIpc) is 2.67. The molecule has 0 saturated carbocycles. The smallest absolute Gasteiger partial charge is 0.305 e. The number of likely N-dealkylation sites (tertiary alicyclic amines) is 1. The molecule has 2 amide bonds. The predicted molar refractivity (Wildman–Crippen MR) is 62.5 cm³/mol. The summed E-state index contributed by atoms with van der Waals surface area (Å²) in [7, 11) is 0. The quantitative estimate of drug-likeness (QED) is 0.815. The third kappa shape index (κ3) is 2.40. The Labute approximate surface area is 104 Å². The van der Waals surface area contributed by atoms with Gasteiger partial charge in [0.25, 0.3) is 0 Å². The van der Waals surface area contributed by atoms with E-state index in [0.717, 1.165) is 4.90 Å². The van der Waals surface area contributed by atoms with Gasteiger partial charge in [0.2, 0.25) is 11.8 Å². The van der Waals surface area contributed by atoms with Gasteiger partial charge in [-0.15, -0.1) is 0 Å². The zero-order valence-electron chi connectivity index (χ0n) is 9.70. The van der Waals surface area contributed by atoms with Gasteiger partial charge < -0.3 is 5.11 Å². The molecule has 1 heterocycles. The first kappa shape index (κ1) is 12.3. The molecular formula is C13H13NO4. The predicted octanol–water partition coefficient (Wildman–Crippen LogP) is 1.35. The van der Waals surface area contributed by atoms with Crippen molar-refractivity contribution in [3.8, 4) is 0 Å². The van der Waals surface area contributed by atoms with Crippen LogP contribution in [0.25, 0.3) is 0 Å². The SMILES string of the molecule is O=C(O)CC(c1ccccc1)N1C(=O)CCC1=O. The number of hydrogen-bond acceptors (Lipinski definition) is 3. The first-order valence-corrected chi connectivity index (χ1v) is 5.71. The van der Waals surface area contributed by atoms with E-state index < -0.39 is 12.0 Å². The van der Waals surface area contributed by atoms with Crippen molar-refractivity contribution >= 4 is 17.8 Å². The van der Waals surface area contributed by atoms with E-state index in [2.05, 4.69) is 0 Å². The lowest BCUT2D eigenvalue weighted by atomic mass is 10.0. The number of carbonyl (C=O) groups excluding carboxylic acids is 2. The summed E-state index contributed by atoms with van der Waals surface area (Å²) in [5.74, 6) is -1.62. The highest BCUT2D eigenvalue weighted by atomic mass is 16.4. The van der Waals surface area contributed by atoms with Crippen LogP contribution < -0.4 is 0 Å². The molecule has 1 saturated heterocycles. The Morgan fingerprint density at radius 3 is 2.22 bits per heavy atom.